The van der Waals surface area contributed by atoms with Gasteiger partial charge in [0.2, 0.25) is 0 Å². The van der Waals surface area contributed by atoms with E-state index in [0.717, 1.165) is 48.9 Å². The number of hydrogen-bond donors (Lipinski definition) is 1. The second kappa shape index (κ2) is 9.92. The molecular weight excluding hydrogens is 372 g/mol. The Morgan fingerprint density at radius 2 is 1.67 bits per heavy atom. The Labute approximate surface area is 185 Å². The quantitative estimate of drug-likeness (QED) is 0.499. The molecule has 8 atom stereocenters. The summed E-state index contributed by atoms with van der Waals surface area (Å²) in [6.45, 7) is 11.6. The van der Waals surface area contributed by atoms with E-state index in [-0.39, 0.29) is 12.1 Å². The van der Waals surface area contributed by atoms with Crippen LogP contribution in [-0.4, -0.2) is 23.8 Å². The predicted molar refractivity (Wildman–Crippen MR) is 123 cm³/mol. The molecule has 1 N–H and O–H groups in total. The molecular formula is C27H48O3. The molecule has 7 unspecified atom stereocenters. The van der Waals surface area contributed by atoms with E-state index in [1.54, 1.807) is 0 Å². The van der Waals surface area contributed by atoms with Crippen molar-refractivity contribution in [3.63, 3.8) is 0 Å². The fourth-order valence-electron chi connectivity index (χ4n) is 8.54. The van der Waals surface area contributed by atoms with Crippen molar-refractivity contribution in [1.82, 2.24) is 0 Å². The lowest BCUT2D eigenvalue weighted by Gasteiger charge is -2.61. The van der Waals surface area contributed by atoms with Gasteiger partial charge in [0.05, 0.1) is 12.7 Å². The summed E-state index contributed by atoms with van der Waals surface area (Å²) in [5.41, 5.74) is 0.971. The fraction of sp³-hybridized carbons (Fsp3) is 0.963. The third-order valence-corrected chi connectivity index (χ3v) is 10.1. The first-order chi connectivity index (χ1) is 14.4. The SMILES string of the molecule is CC.CCOC(=O)CCCC1CCC2C3CCC4C[C@H](O)CCC4(C)C3CCC12C. The van der Waals surface area contributed by atoms with Crippen molar-refractivity contribution in [2.45, 2.75) is 118 Å². The van der Waals surface area contributed by atoms with Crippen LogP contribution in [0.3, 0.4) is 0 Å². The first-order valence-corrected chi connectivity index (χ1v) is 13.2. The van der Waals surface area contributed by atoms with Crippen LogP contribution in [0, 0.1) is 40.4 Å². The zero-order chi connectivity index (χ0) is 21.9. The van der Waals surface area contributed by atoms with Gasteiger partial charge >= 0.3 is 5.97 Å². The third-order valence-electron chi connectivity index (χ3n) is 10.1. The van der Waals surface area contributed by atoms with Gasteiger partial charge in [-0.3, -0.25) is 4.79 Å². The maximum Gasteiger partial charge on any atom is 0.305 e. The summed E-state index contributed by atoms with van der Waals surface area (Å²) in [5.74, 6) is 4.22. The number of fused-ring (bicyclic) bond motifs is 5. The summed E-state index contributed by atoms with van der Waals surface area (Å²) in [4.78, 5) is 11.7. The number of rotatable bonds is 5. The molecule has 0 aliphatic heterocycles. The van der Waals surface area contributed by atoms with Gasteiger partial charge in [-0.1, -0.05) is 27.7 Å². The summed E-state index contributed by atoms with van der Waals surface area (Å²) >= 11 is 0. The van der Waals surface area contributed by atoms with Crippen LogP contribution in [-0.2, 0) is 9.53 Å². The van der Waals surface area contributed by atoms with Gasteiger partial charge < -0.3 is 9.84 Å². The van der Waals surface area contributed by atoms with E-state index in [9.17, 15) is 9.90 Å². The molecule has 0 spiro atoms. The van der Waals surface area contributed by atoms with Gasteiger partial charge in [0.25, 0.3) is 0 Å². The zero-order valence-corrected chi connectivity index (χ0v) is 20.4. The summed E-state index contributed by atoms with van der Waals surface area (Å²) in [6, 6.07) is 0. The number of esters is 1. The minimum absolute atomic E-state index is 0.0170. The smallest absolute Gasteiger partial charge is 0.305 e. The maximum absolute atomic E-state index is 11.7. The second-order valence-corrected chi connectivity index (χ2v) is 11.1. The number of hydrogen-bond acceptors (Lipinski definition) is 3. The van der Waals surface area contributed by atoms with Crippen molar-refractivity contribution in [3.8, 4) is 0 Å². The van der Waals surface area contributed by atoms with E-state index in [2.05, 4.69) is 13.8 Å². The Bertz CT molecular complexity index is 574. The molecule has 0 bridgehead atoms. The minimum atomic E-state index is -0.0428. The molecule has 3 heteroatoms. The Morgan fingerprint density at radius 1 is 0.967 bits per heavy atom. The van der Waals surface area contributed by atoms with Gasteiger partial charge in [-0.05, 0) is 118 Å². The number of ether oxygens (including phenoxy) is 1. The lowest BCUT2D eigenvalue weighted by atomic mass is 9.44. The van der Waals surface area contributed by atoms with E-state index in [1.165, 1.54) is 51.4 Å². The summed E-state index contributed by atoms with van der Waals surface area (Å²) < 4.78 is 5.12. The van der Waals surface area contributed by atoms with Crippen molar-refractivity contribution in [2.24, 2.45) is 40.4 Å². The average molecular weight is 421 g/mol. The Kier molecular flexibility index (Phi) is 7.96. The molecule has 0 saturated heterocycles. The molecule has 0 aromatic carbocycles. The largest absolute Gasteiger partial charge is 0.466 e. The van der Waals surface area contributed by atoms with Crippen LogP contribution in [0.5, 0.6) is 0 Å². The highest BCUT2D eigenvalue weighted by Crippen LogP contribution is 2.67. The number of carbonyl (C=O) groups is 1. The molecule has 4 saturated carbocycles. The Hall–Kier alpha value is -0.570. The van der Waals surface area contributed by atoms with E-state index in [0.29, 0.717) is 23.9 Å². The van der Waals surface area contributed by atoms with E-state index < -0.39 is 0 Å². The highest BCUT2D eigenvalue weighted by Gasteiger charge is 2.59. The lowest BCUT2D eigenvalue weighted by molar-refractivity contribution is -0.143. The van der Waals surface area contributed by atoms with Crippen LogP contribution in [0.2, 0.25) is 0 Å². The normalized spacial score (nSPS) is 44.7. The monoisotopic (exact) mass is 420 g/mol. The number of aliphatic hydroxyl groups excluding tert-OH is 1. The number of carbonyl (C=O) groups excluding carboxylic acids is 1. The van der Waals surface area contributed by atoms with Crippen LogP contribution in [0.25, 0.3) is 0 Å². The molecule has 174 valence electrons. The van der Waals surface area contributed by atoms with E-state index in [1.807, 2.05) is 20.8 Å². The van der Waals surface area contributed by atoms with Gasteiger partial charge in [0.15, 0.2) is 0 Å². The van der Waals surface area contributed by atoms with Crippen LogP contribution < -0.4 is 0 Å². The highest BCUT2D eigenvalue weighted by atomic mass is 16.5. The first-order valence-electron chi connectivity index (χ1n) is 13.2. The molecule has 4 aliphatic rings. The molecule has 4 aliphatic carbocycles. The molecule has 4 rings (SSSR count). The molecule has 4 fully saturated rings. The molecule has 0 amide bonds. The highest BCUT2D eigenvalue weighted by molar-refractivity contribution is 5.69. The first kappa shape index (κ1) is 24.1. The van der Waals surface area contributed by atoms with Crippen molar-refractivity contribution in [2.75, 3.05) is 6.61 Å². The third kappa shape index (κ3) is 4.34. The second-order valence-electron chi connectivity index (χ2n) is 11.1. The zero-order valence-electron chi connectivity index (χ0n) is 20.4. The van der Waals surface area contributed by atoms with Crippen LogP contribution in [0.15, 0.2) is 0 Å². The van der Waals surface area contributed by atoms with Crippen LogP contribution >= 0.6 is 0 Å². The van der Waals surface area contributed by atoms with Gasteiger partial charge in [0.1, 0.15) is 0 Å². The molecule has 30 heavy (non-hydrogen) atoms. The molecule has 0 heterocycles. The molecule has 0 aromatic rings. The summed E-state index contributed by atoms with van der Waals surface area (Å²) in [7, 11) is 0. The standard InChI is InChI=1S/C25H42O3.C2H6/c1-4-28-23(27)7-5-6-17-9-11-21-20-10-8-18-16-19(26)12-14-25(18,3)22(20)13-15-24(17,21)2;1-2/h17-22,26H,4-16H2,1-3H3;1-2H3/t17?,18?,19-,20?,21?,22?,24?,25?;/m1./s1. The maximum atomic E-state index is 11.7. The predicted octanol–water partition coefficient (Wildman–Crippen LogP) is 6.77. The van der Waals surface area contributed by atoms with Gasteiger partial charge in [-0.15, -0.1) is 0 Å². The molecule has 0 aromatic heterocycles. The van der Waals surface area contributed by atoms with Gasteiger partial charge in [0, 0.05) is 6.42 Å². The van der Waals surface area contributed by atoms with Crippen molar-refractivity contribution < 1.29 is 14.6 Å². The van der Waals surface area contributed by atoms with E-state index >= 15 is 0 Å². The van der Waals surface area contributed by atoms with Crippen molar-refractivity contribution in [3.05, 3.63) is 0 Å². The molecule has 0 radical (unpaired) electrons. The molecule has 3 nitrogen and oxygen atoms in total. The average Bonchev–Trinajstić information content (AvgIpc) is 3.07. The van der Waals surface area contributed by atoms with Gasteiger partial charge in [-0.25, -0.2) is 0 Å². The Morgan fingerprint density at radius 3 is 2.40 bits per heavy atom. The number of aliphatic hydroxyl groups is 1. The van der Waals surface area contributed by atoms with Crippen LogP contribution in [0.4, 0.5) is 0 Å². The van der Waals surface area contributed by atoms with Crippen molar-refractivity contribution >= 4 is 5.97 Å². The van der Waals surface area contributed by atoms with E-state index in [4.69, 9.17) is 4.74 Å². The minimum Gasteiger partial charge on any atom is -0.466 e. The Balaban J connectivity index is 0.00000124. The fourth-order valence-corrected chi connectivity index (χ4v) is 8.54. The van der Waals surface area contributed by atoms with Crippen LogP contribution in [0.1, 0.15) is 112 Å². The summed E-state index contributed by atoms with van der Waals surface area (Å²) in [5, 5.41) is 10.2. The summed E-state index contributed by atoms with van der Waals surface area (Å²) in [6.07, 6.45) is 14.4. The van der Waals surface area contributed by atoms with Gasteiger partial charge in [-0.2, -0.15) is 0 Å². The topological polar surface area (TPSA) is 46.5 Å². The van der Waals surface area contributed by atoms with Crippen molar-refractivity contribution in [1.29, 1.82) is 0 Å². The lowest BCUT2D eigenvalue weighted by Crippen LogP contribution is -2.53.